The number of amides is 1. The summed E-state index contributed by atoms with van der Waals surface area (Å²) in [6.07, 6.45) is 1.22. The van der Waals surface area contributed by atoms with Gasteiger partial charge in [0, 0.05) is 25.7 Å². The van der Waals surface area contributed by atoms with Crippen molar-refractivity contribution in [3.8, 4) is 0 Å². The van der Waals surface area contributed by atoms with Gasteiger partial charge in [0.15, 0.2) is 0 Å². The Labute approximate surface area is 97.3 Å². The lowest BCUT2D eigenvalue weighted by molar-refractivity contribution is -0.126. The van der Waals surface area contributed by atoms with Gasteiger partial charge in [-0.3, -0.25) is 9.69 Å². The average Bonchev–Trinajstić information content (AvgIpc) is 2.27. The number of nitrogens with two attached hydrogens (primary N) is 1. The lowest BCUT2D eigenvalue weighted by atomic mass is 10.1. The van der Waals surface area contributed by atoms with Gasteiger partial charge in [0.25, 0.3) is 0 Å². The summed E-state index contributed by atoms with van der Waals surface area (Å²) in [7, 11) is 0. The summed E-state index contributed by atoms with van der Waals surface area (Å²) in [6, 6.07) is 0.361. The maximum Gasteiger partial charge on any atom is 0.234 e. The lowest BCUT2D eigenvalue weighted by Crippen LogP contribution is -2.52. The monoisotopic (exact) mass is 229 g/mol. The normalized spacial score (nSPS) is 26.7. The SMILES string of the molecule is CCC1COC(C)CN1CC(=O)NCCN. The van der Waals surface area contributed by atoms with Crippen LogP contribution >= 0.6 is 0 Å². The fourth-order valence-corrected chi connectivity index (χ4v) is 1.93. The largest absolute Gasteiger partial charge is 0.376 e. The van der Waals surface area contributed by atoms with Crippen LogP contribution in [-0.4, -0.2) is 55.7 Å². The second kappa shape index (κ2) is 6.83. The van der Waals surface area contributed by atoms with Gasteiger partial charge in [-0.15, -0.1) is 0 Å². The molecule has 94 valence electrons. The molecule has 1 amide bonds. The van der Waals surface area contributed by atoms with E-state index in [1.165, 1.54) is 0 Å². The molecule has 0 saturated carbocycles. The van der Waals surface area contributed by atoms with E-state index in [4.69, 9.17) is 10.5 Å². The summed E-state index contributed by atoms with van der Waals surface area (Å²) in [5, 5.41) is 2.79. The Morgan fingerprint density at radius 3 is 3.00 bits per heavy atom. The first-order valence-electron chi connectivity index (χ1n) is 5.99. The van der Waals surface area contributed by atoms with Crippen LogP contribution in [0.4, 0.5) is 0 Å². The van der Waals surface area contributed by atoms with Crippen LogP contribution < -0.4 is 11.1 Å². The minimum absolute atomic E-state index is 0.0537. The quantitative estimate of drug-likeness (QED) is 0.671. The highest BCUT2D eigenvalue weighted by Gasteiger charge is 2.26. The zero-order valence-electron chi connectivity index (χ0n) is 10.2. The predicted octanol–water partition coefficient (Wildman–Crippen LogP) is -0.439. The molecule has 2 unspecified atom stereocenters. The van der Waals surface area contributed by atoms with Gasteiger partial charge in [-0.05, 0) is 13.3 Å². The summed E-state index contributed by atoms with van der Waals surface area (Å²) in [5.41, 5.74) is 5.34. The van der Waals surface area contributed by atoms with Gasteiger partial charge < -0.3 is 15.8 Å². The van der Waals surface area contributed by atoms with Crippen molar-refractivity contribution in [3.63, 3.8) is 0 Å². The van der Waals surface area contributed by atoms with E-state index in [0.717, 1.165) is 19.6 Å². The molecule has 0 bridgehead atoms. The molecule has 0 aromatic carbocycles. The molecule has 0 aromatic rings. The Kier molecular flexibility index (Phi) is 5.73. The smallest absolute Gasteiger partial charge is 0.234 e. The topological polar surface area (TPSA) is 67.6 Å². The highest BCUT2D eigenvalue weighted by atomic mass is 16.5. The van der Waals surface area contributed by atoms with Gasteiger partial charge >= 0.3 is 0 Å². The Bertz CT molecular complexity index is 223. The van der Waals surface area contributed by atoms with E-state index < -0.39 is 0 Å². The van der Waals surface area contributed by atoms with Crippen LogP contribution in [0.15, 0.2) is 0 Å². The molecule has 0 aromatic heterocycles. The number of nitrogens with zero attached hydrogens (tertiary/aromatic N) is 1. The summed E-state index contributed by atoms with van der Waals surface area (Å²) in [4.78, 5) is 13.8. The summed E-state index contributed by atoms with van der Waals surface area (Å²) in [5.74, 6) is 0.0537. The highest BCUT2D eigenvalue weighted by molar-refractivity contribution is 5.78. The van der Waals surface area contributed by atoms with Crippen LogP contribution in [-0.2, 0) is 9.53 Å². The number of morpholine rings is 1. The lowest BCUT2D eigenvalue weighted by Gasteiger charge is -2.37. The van der Waals surface area contributed by atoms with E-state index in [-0.39, 0.29) is 12.0 Å². The molecular formula is C11H23N3O2. The Balaban J connectivity index is 2.39. The van der Waals surface area contributed by atoms with E-state index in [0.29, 0.717) is 25.7 Å². The molecule has 1 heterocycles. The van der Waals surface area contributed by atoms with Crippen molar-refractivity contribution in [3.05, 3.63) is 0 Å². The van der Waals surface area contributed by atoms with Gasteiger partial charge in [-0.1, -0.05) is 6.92 Å². The number of carbonyl (C=O) groups excluding carboxylic acids is 1. The number of hydrogen-bond acceptors (Lipinski definition) is 4. The molecular weight excluding hydrogens is 206 g/mol. The Morgan fingerprint density at radius 1 is 1.62 bits per heavy atom. The Morgan fingerprint density at radius 2 is 2.38 bits per heavy atom. The Hall–Kier alpha value is -0.650. The van der Waals surface area contributed by atoms with Crippen LogP contribution in [0, 0.1) is 0 Å². The van der Waals surface area contributed by atoms with E-state index in [2.05, 4.69) is 17.1 Å². The molecule has 1 saturated heterocycles. The third-order valence-electron chi connectivity index (χ3n) is 2.87. The number of rotatable bonds is 5. The van der Waals surface area contributed by atoms with Gasteiger partial charge in [0.05, 0.1) is 19.3 Å². The second-order valence-electron chi connectivity index (χ2n) is 4.27. The molecule has 1 aliphatic rings. The van der Waals surface area contributed by atoms with Gasteiger partial charge in [0.2, 0.25) is 5.91 Å². The molecule has 3 N–H and O–H groups in total. The molecule has 0 radical (unpaired) electrons. The van der Waals surface area contributed by atoms with Gasteiger partial charge in [-0.2, -0.15) is 0 Å². The minimum Gasteiger partial charge on any atom is -0.376 e. The van der Waals surface area contributed by atoms with Crippen LogP contribution in [0.3, 0.4) is 0 Å². The van der Waals surface area contributed by atoms with E-state index in [1.807, 2.05) is 6.92 Å². The molecule has 1 aliphatic heterocycles. The van der Waals surface area contributed by atoms with E-state index >= 15 is 0 Å². The summed E-state index contributed by atoms with van der Waals surface area (Å²) in [6.45, 7) is 7.20. The van der Waals surface area contributed by atoms with Crippen molar-refractivity contribution in [2.24, 2.45) is 5.73 Å². The van der Waals surface area contributed by atoms with E-state index in [9.17, 15) is 4.79 Å². The maximum absolute atomic E-state index is 11.6. The number of hydrogen-bond donors (Lipinski definition) is 2. The predicted molar refractivity (Wildman–Crippen MR) is 63.1 cm³/mol. The van der Waals surface area contributed by atoms with Crippen molar-refractivity contribution in [2.45, 2.75) is 32.4 Å². The van der Waals surface area contributed by atoms with Crippen LogP contribution in [0.5, 0.6) is 0 Å². The third-order valence-corrected chi connectivity index (χ3v) is 2.87. The van der Waals surface area contributed by atoms with Crippen molar-refractivity contribution in [1.29, 1.82) is 0 Å². The minimum atomic E-state index is 0.0537. The highest BCUT2D eigenvalue weighted by Crippen LogP contribution is 2.13. The number of ether oxygens (including phenoxy) is 1. The van der Waals surface area contributed by atoms with Crippen molar-refractivity contribution in [1.82, 2.24) is 10.2 Å². The van der Waals surface area contributed by atoms with E-state index in [1.54, 1.807) is 0 Å². The van der Waals surface area contributed by atoms with Gasteiger partial charge in [-0.25, -0.2) is 0 Å². The second-order valence-corrected chi connectivity index (χ2v) is 4.27. The number of carbonyl (C=O) groups is 1. The third kappa shape index (κ3) is 4.08. The van der Waals surface area contributed by atoms with Crippen LogP contribution in [0.1, 0.15) is 20.3 Å². The molecule has 1 rings (SSSR count). The first-order valence-corrected chi connectivity index (χ1v) is 5.99. The fraction of sp³-hybridized carbons (Fsp3) is 0.909. The molecule has 0 aliphatic carbocycles. The zero-order valence-corrected chi connectivity index (χ0v) is 10.2. The van der Waals surface area contributed by atoms with Crippen molar-refractivity contribution < 1.29 is 9.53 Å². The van der Waals surface area contributed by atoms with Crippen LogP contribution in [0.25, 0.3) is 0 Å². The van der Waals surface area contributed by atoms with Crippen molar-refractivity contribution in [2.75, 3.05) is 32.8 Å². The first-order chi connectivity index (χ1) is 7.67. The summed E-state index contributed by atoms with van der Waals surface area (Å²) >= 11 is 0. The molecule has 2 atom stereocenters. The molecule has 5 nitrogen and oxygen atoms in total. The molecule has 1 fully saturated rings. The average molecular weight is 229 g/mol. The maximum atomic E-state index is 11.6. The first kappa shape index (κ1) is 13.4. The fourth-order valence-electron chi connectivity index (χ4n) is 1.93. The molecule has 16 heavy (non-hydrogen) atoms. The van der Waals surface area contributed by atoms with Gasteiger partial charge in [0.1, 0.15) is 0 Å². The van der Waals surface area contributed by atoms with Crippen LogP contribution in [0.2, 0.25) is 0 Å². The zero-order chi connectivity index (χ0) is 12.0. The number of nitrogens with one attached hydrogen (secondary N) is 1. The molecule has 5 heteroatoms. The standard InChI is InChI=1S/C11H23N3O2/c1-3-10-8-16-9(2)6-14(10)7-11(15)13-5-4-12/h9-10H,3-8,12H2,1-2H3,(H,13,15). The summed E-state index contributed by atoms with van der Waals surface area (Å²) < 4.78 is 5.58. The van der Waals surface area contributed by atoms with Crippen molar-refractivity contribution >= 4 is 5.91 Å². The molecule has 0 spiro atoms.